The number of hydrogen-bond donors (Lipinski definition) is 0. The fourth-order valence-electron chi connectivity index (χ4n) is 0. The topological polar surface area (TPSA) is 112 Å². The number of rotatable bonds is 0. The van der Waals surface area contributed by atoms with Gasteiger partial charge in [0.15, 0.2) is 0 Å². The van der Waals surface area contributed by atoms with Gasteiger partial charge in [-0.15, -0.1) is 5.79 Å². The number of hydrogen-bond acceptors (Lipinski definition) is 1. The van der Waals surface area contributed by atoms with Crippen LogP contribution in [-0.2, 0) is 3.80 Å². The van der Waals surface area contributed by atoms with Crippen LogP contribution in [0.5, 0.6) is 0 Å². The molecule has 0 aromatic heterocycles. The first kappa shape index (κ1) is 59.2. The molecule has 0 unspecified atom stereocenters. The van der Waals surface area contributed by atoms with Crippen LogP contribution in [0.3, 0.4) is 0 Å². The van der Waals surface area contributed by atoms with Gasteiger partial charge in [0.2, 0.25) is 16.3 Å². The molecular formula is CH11Al3O4. The predicted octanol–water partition coefficient (Wildman–Crippen LogP) is -3.69. The third-order valence-electron chi connectivity index (χ3n) is 0. The molecule has 4 nitrogen and oxygen atoms in total. The van der Waals surface area contributed by atoms with E-state index in [9.17, 15) is 0 Å². The monoisotopic (exact) mass is 168 g/mol. The van der Waals surface area contributed by atoms with Crippen molar-refractivity contribution in [2.24, 2.45) is 0 Å². The molecule has 0 aromatic rings. The van der Waals surface area contributed by atoms with Gasteiger partial charge in [-0.1, -0.05) is 0 Å². The van der Waals surface area contributed by atoms with E-state index in [1.165, 1.54) is 32.5 Å². The van der Waals surface area contributed by atoms with Crippen molar-refractivity contribution in [2.75, 3.05) is 0 Å². The average Bonchev–Trinajstić information content (AvgIpc) is 1.50. The van der Waals surface area contributed by atoms with Gasteiger partial charge in [-0.05, 0) is 0 Å². The summed E-state index contributed by atoms with van der Waals surface area (Å²) >= 11 is 2.47. The Hall–Kier alpha value is 1.28. The molecule has 4 radical (unpaired) electrons. The maximum absolute atomic E-state index is 8.17. The molecule has 0 amide bonds. The van der Waals surface area contributed by atoms with E-state index >= 15 is 0 Å². The van der Waals surface area contributed by atoms with Crippen molar-refractivity contribution < 1.29 is 20.2 Å². The van der Waals surface area contributed by atoms with E-state index in [0.29, 0.717) is 0 Å². The van der Waals surface area contributed by atoms with Gasteiger partial charge in [-0.2, -0.15) is 0 Å². The molecule has 0 spiro atoms. The Bertz CT molecular complexity index is 11.2. The molecule has 7 heteroatoms. The summed E-state index contributed by atoms with van der Waals surface area (Å²) in [5.41, 5.74) is 0. The Morgan fingerprint density at radius 2 is 1.00 bits per heavy atom. The quantitative estimate of drug-likeness (QED) is 0.340. The second-order valence-corrected chi connectivity index (χ2v) is 0. The van der Waals surface area contributed by atoms with Gasteiger partial charge in [0.25, 0.3) is 0 Å². The van der Waals surface area contributed by atoms with Gasteiger partial charge < -0.3 is 16.4 Å². The van der Waals surface area contributed by atoms with Gasteiger partial charge in [-0.3, -0.25) is 0 Å². The predicted molar refractivity (Wildman–Crippen MR) is 37.4 cm³/mol. The first-order valence-corrected chi connectivity index (χ1v) is 3.71. The molecule has 8 heavy (non-hydrogen) atoms. The minimum atomic E-state index is 0. The van der Waals surface area contributed by atoms with Crippen LogP contribution in [0.1, 0.15) is 0 Å². The van der Waals surface area contributed by atoms with Crippen LogP contribution in [0.4, 0.5) is 0 Å². The van der Waals surface area contributed by atoms with Gasteiger partial charge in [0, 0.05) is 17.4 Å². The normalized spacial score (nSPS) is 1.00. The molecule has 0 heterocycles. The van der Waals surface area contributed by atoms with Crippen molar-refractivity contribution in [3.63, 3.8) is 0 Å². The molecule has 0 aromatic carbocycles. The molecule has 0 fully saturated rings. The van der Waals surface area contributed by atoms with Gasteiger partial charge in [0.1, 0.15) is 0 Å². The Labute approximate surface area is 75.8 Å². The summed E-state index contributed by atoms with van der Waals surface area (Å²) in [6, 6.07) is 0. The van der Waals surface area contributed by atoms with Crippen LogP contribution in [0.25, 0.3) is 0 Å². The summed E-state index contributed by atoms with van der Waals surface area (Å²) in [5, 5.41) is 0. The van der Waals surface area contributed by atoms with Crippen LogP contribution in [0.15, 0.2) is 0 Å². The Morgan fingerprint density at radius 3 is 1.00 bits per heavy atom. The van der Waals surface area contributed by atoms with E-state index < -0.39 is 0 Å². The van der Waals surface area contributed by atoms with E-state index in [-0.39, 0.29) is 33.8 Å². The molecule has 0 saturated heterocycles. The summed E-state index contributed by atoms with van der Waals surface area (Å²) in [6.07, 6.45) is 0. The zero-order valence-electron chi connectivity index (χ0n) is 5.06. The van der Waals surface area contributed by atoms with Gasteiger partial charge in [-0.25, -0.2) is 0 Å². The molecular weight excluding hydrogens is 157 g/mol. The fourth-order valence-corrected chi connectivity index (χ4v) is 0. The molecule has 0 aliphatic rings. The second kappa shape index (κ2) is 269. The molecule has 0 rings (SSSR count). The van der Waals surface area contributed by atoms with Gasteiger partial charge >= 0.3 is 20.0 Å². The van der Waals surface area contributed by atoms with Crippen LogP contribution >= 0.6 is 0 Å². The molecule has 0 bridgehead atoms. The molecule has 0 atom stereocenters. The second-order valence-electron chi connectivity index (χ2n) is 0. The first-order chi connectivity index (χ1) is 2.00. The molecule has 0 aliphatic carbocycles. The van der Waals surface area contributed by atoms with E-state index in [4.69, 9.17) is 3.80 Å². The first-order valence-electron chi connectivity index (χ1n) is 1.24. The van der Waals surface area contributed by atoms with Crippen molar-refractivity contribution >= 4 is 49.9 Å². The Kier molecular flexibility index (Phi) is 1990. The standard InChI is InChI=1S/CH3.3Al.3H2O.O.2H/h1H3;;;;3*1H2;;;. The molecule has 0 saturated carbocycles. The summed E-state index contributed by atoms with van der Waals surface area (Å²) < 4.78 is 8.17. The van der Waals surface area contributed by atoms with Crippen LogP contribution in [-0.4, -0.2) is 66.3 Å². The van der Waals surface area contributed by atoms with Crippen LogP contribution < -0.4 is 0 Å². The van der Waals surface area contributed by atoms with Crippen LogP contribution in [0, 0.1) is 0 Å². The fraction of sp³-hybridized carbons (Fsp3) is 1.00. The Morgan fingerprint density at radius 1 is 1.00 bits per heavy atom. The minimum absolute atomic E-state index is 0. The van der Waals surface area contributed by atoms with Crippen molar-refractivity contribution in [3.8, 4) is 0 Å². The van der Waals surface area contributed by atoms with Crippen molar-refractivity contribution in [1.29, 1.82) is 0 Å². The zero-order valence-corrected chi connectivity index (χ0v) is 9.37. The van der Waals surface area contributed by atoms with Crippen molar-refractivity contribution in [2.45, 2.75) is 5.79 Å². The molecule has 48 valence electrons. The SMILES string of the molecule is O.O.O.[Al].[CH3][AlH2].[O]=[Al]. The van der Waals surface area contributed by atoms with Crippen molar-refractivity contribution in [1.82, 2.24) is 0 Å². The zero-order chi connectivity index (χ0) is 4.00. The summed E-state index contributed by atoms with van der Waals surface area (Å²) in [7, 11) is 0. The van der Waals surface area contributed by atoms with Crippen LogP contribution in [0.2, 0.25) is 5.79 Å². The Balaban J connectivity index is -0.00000000167. The van der Waals surface area contributed by atoms with Gasteiger partial charge in [0.05, 0.1) is 0 Å². The average molecular weight is 168 g/mol. The van der Waals surface area contributed by atoms with E-state index in [2.05, 4.69) is 5.79 Å². The third kappa shape index (κ3) is 176. The maximum atomic E-state index is 8.17. The molecule has 6 N–H and O–H groups in total. The van der Waals surface area contributed by atoms with E-state index in [1.54, 1.807) is 0 Å². The summed E-state index contributed by atoms with van der Waals surface area (Å²) in [5.74, 6) is 2.14. The van der Waals surface area contributed by atoms with E-state index in [1.807, 2.05) is 0 Å². The van der Waals surface area contributed by atoms with Crippen molar-refractivity contribution in [3.05, 3.63) is 0 Å². The third-order valence-corrected chi connectivity index (χ3v) is 0. The molecule has 0 aliphatic heterocycles. The summed E-state index contributed by atoms with van der Waals surface area (Å²) in [4.78, 5) is 0. The summed E-state index contributed by atoms with van der Waals surface area (Å²) in [6.45, 7) is 0. The van der Waals surface area contributed by atoms with E-state index in [0.717, 1.165) is 0 Å².